The number of rotatable bonds is 9. The van der Waals surface area contributed by atoms with Crippen molar-refractivity contribution < 1.29 is 23.9 Å². The molecule has 9 heteroatoms. The Hall–Kier alpha value is -3.75. The van der Waals surface area contributed by atoms with Gasteiger partial charge in [-0.1, -0.05) is 6.92 Å². The number of methoxy groups -OCH3 is 2. The summed E-state index contributed by atoms with van der Waals surface area (Å²) in [5.41, 5.74) is 1.63. The minimum absolute atomic E-state index is 0.0929. The van der Waals surface area contributed by atoms with Gasteiger partial charge < -0.3 is 30.7 Å². The Morgan fingerprint density at radius 2 is 1.43 bits per heavy atom. The van der Waals surface area contributed by atoms with Crippen LogP contribution in [0.2, 0.25) is 0 Å². The summed E-state index contributed by atoms with van der Waals surface area (Å²) in [6.07, 6.45) is 0.384. The lowest BCUT2D eigenvalue weighted by Crippen LogP contribution is -2.36. The highest BCUT2D eigenvalue weighted by atomic mass is 16.5. The number of amides is 4. The topological polar surface area (TPSA) is 118 Å². The number of nitrogens with one attached hydrogen (secondary N) is 4. The Morgan fingerprint density at radius 3 is 2.07 bits per heavy atom. The Bertz CT molecular complexity index is 883. The summed E-state index contributed by atoms with van der Waals surface area (Å²) < 4.78 is 10.3. The first-order valence-electron chi connectivity index (χ1n) is 9.41. The monoisotopic (exact) mass is 414 g/mol. The molecule has 0 aliphatic carbocycles. The van der Waals surface area contributed by atoms with E-state index in [0.29, 0.717) is 34.9 Å². The van der Waals surface area contributed by atoms with Crippen molar-refractivity contribution in [2.24, 2.45) is 0 Å². The molecule has 30 heavy (non-hydrogen) atoms. The molecule has 160 valence electrons. The SMILES string of the molecule is CCC(=O)Nc1ccc(C(=O)NCCNC(=O)Nc2ccc(OC)c(OC)c2)cc1. The van der Waals surface area contributed by atoms with Gasteiger partial charge in [-0.2, -0.15) is 0 Å². The lowest BCUT2D eigenvalue weighted by atomic mass is 10.2. The van der Waals surface area contributed by atoms with Crippen molar-refractivity contribution in [3.8, 4) is 11.5 Å². The quantitative estimate of drug-likeness (QED) is 0.471. The van der Waals surface area contributed by atoms with Crippen LogP contribution in [-0.4, -0.2) is 45.2 Å². The van der Waals surface area contributed by atoms with E-state index in [1.54, 1.807) is 49.4 Å². The Kier molecular flexibility index (Phi) is 8.49. The molecule has 4 N–H and O–H groups in total. The first-order valence-corrected chi connectivity index (χ1v) is 9.41. The second-order valence-electron chi connectivity index (χ2n) is 6.19. The van der Waals surface area contributed by atoms with Crippen LogP contribution in [0, 0.1) is 0 Å². The number of anilines is 2. The second kappa shape index (κ2) is 11.3. The van der Waals surface area contributed by atoms with E-state index < -0.39 is 6.03 Å². The predicted octanol–water partition coefficient (Wildman–Crippen LogP) is 2.60. The van der Waals surface area contributed by atoms with Gasteiger partial charge in [0.25, 0.3) is 5.91 Å². The van der Waals surface area contributed by atoms with Crippen LogP contribution in [-0.2, 0) is 4.79 Å². The molecule has 9 nitrogen and oxygen atoms in total. The molecule has 0 heterocycles. The standard InChI is InChI=1S/C21H26N4O5/c1-4-19(26)24-15-7-5-14(6-8-15)20(27)22-11-12-23-21(28)25-16-9-10-17(29-2)18(13-16)30-3/h5-10,13H,4,11-12H2,1-3H3,(H,22,27)(H,24,26)(H2,23,25,28). The molecule has 0 aliphatic heterocycles. The summed E-state index contributed by atoms with van der Waals surface area (Å²) in [4.78, 5) is 35.5. The van der Waals surface area contributed by atoms with Crippen LogP contribution in [0.3, 0.4) is 0 Å². The van der Waals surface area contributed by atoms with Gasteiger partial charge in [-0.25, -0.2) is 4.79 Å². The minimum atomic E-state index is -0.410. The molecule has 0 fully saturated rings. The van der Waals surface area contributed by atoms with Gasteiger partial charge in [0.15, 0.2) is 11.5 Å². The summed E-state index contributed by atoms with van der Waals surface area (Å²) in [5.74, 6) is 0.699. The summed E-state index contributed by atoms with van der Waals surface area (Å²) in [5, 5.41) is 10.8. The predicted molar refractivity (Wildman–Crippen MR) is 114 cm³/mol. The van der Waals surface area contributed by atoms with Gasteiger partial charge in [-0.15, -0.1) is 0 Å². The van der Waals surface area contributed by atoms with Crippen LogP contribution in [0.15, 0.2) is 42.5 Å². The fraction of sp³-hybridized carbons (Fsp3) is 0.286. The van der Waals surface area contributed by atoms with Gasteiger partial charge in [0.1, 0.15) is 0 Å². The maximum Gasteiger partial charge on any atom is 0.319 e. The zero-order valence-corrected chi connectivity index (χ0v) is 17.2. The Balaban J connectivity index is 1.74. The molecule has 2 rings (SSSR count). The smallest absolute Gasteiger partial charge is 0.319 e. The van der Waals surface area contributed by atoms with Crippen LogP contribution >= 0.6 is 0 Å². The third kappa shape index (κ3) is 6.69. The van der Waals surface area contributed by atoms with Crippen molar-refractivity contribution >= 4 is 29.2 Å². The molecular formula is C21H26N4O5. The highest BCUT2D eigenvalue weighted by molar-refractivity contribution is 5.95. The van der Waals surface area contributed by atoms with Crippen molar-refractivity contribution in [1.82, 2.24) is 10.6 Å². The third-order valence-corrected chi connectivity index (χ3v) is 4.09. The lowest BCUT2D eigenvalue weighted by Gasteiger charge is -2.11. The van der Waals surface area contributed by atoms with Crippen molar-refractivity contribution in [3.05, 3.63) is 48.0 Å². The van der Waals surface area contributed by atoms with Crippen molar-refractivity contribution in [2.75, 3.05) is 37.9 Å². The number of ether oxygens (including phenoxy) is 2. The molecule has 4 amide bonds. The maximum atomic E-state index is 12.1. The fourth-order valence-corrected chi connectivity index (χ4v) is 2.50. The van der Waals surface area contributed by atoms with Crippen molar-refractivity contribution in [2.45, 2.75) is 13.3 Å². The Morgan fingerprint density at radius 1 is 0.800 bits per heavy atom. The van der Waals surface area contributed by atoms with Crippen molar-refractivity contribution in [1.29, 1.82) is 0 Å². The summed E-state index contributed by atoms with van der Waals surface area (Å²) >= 11 is 0. The van der Waals surface area contributed by atoms with E-state index in [9.17, 15) is 14.4 Å². The van der Waals surface area contributed by atoms with Gasteiger partial charge in [-0.05, 0) is 36.4 Å². The molecule has 0 saturated heterocycles. The molecule has 0 aromatic heterocycles. The normalized spacial score (nSPS) is 9.97. The lowest BCUT2D eigenvalue weighted by molar-refractivity contribution is -0.115. The molecule has 0 aliphatic rings. The first-order chi connectivity index (χ1) is 14.5. The van der Waals surface area contributed by atoms with Crippen LogP contribution in [0.5, 0.6) is 11.5 Å². The van der Waals surface area contributed by atoms with Crippen LogP contribution in [0.25, 0.3) is 0 Å². The van der Waals surface area contributed by atoms with E-state index in [0.717, 1.165) is 0 Å². The molecule has 0 bridgehead atoms. The number of hydrogen-bond donors (Lipinski definition) is 4. The fourth-order valence-electron chi connectivity index (χ4n) is 2.50. The zero-order chi connectivity index (χ0) is 21.9. The Labute approximate surface area is 175 Å². The second-order valence-corrected chi connectivity index (χ2v) is 6.19. The highest BCUT2D eigenvalue weighted by Gasteiger charge is 2.08. The number of hydrogen-bond acceptors (Lipinski definition) is 5. The van der Waals surface area contributed by atoms with E-state index in [-0.39, 0.29) is 24.9 Å². The van der Waals surface area contributed by atoms with Crippen molar-refractivity contribution in [3.63, 3.8) is 0 Å². The van der Waals surface area contributed by atoms with Crippen LogP contribution < -0.4 is 30.7 Å². The van der Waals surface area contributed by atoms with Crippen LogP contribution in [0.1, 0.15) is 23.7 Å². The van der Waals surface area contributed by atoms with Gasteiger partial charge in [-0.3, -0.25) is 9.59 Å². The van der Waals surface area contributed by atoms with Crippen LogP contribution in [0.4, 0.5) is 16.2 Å². The molecule has 0 atom stereocenters. The highest BCUT2D eigenvalue weighted by Crippen LogP contribution is 2.29. The summed E-state index contributed by atoms with van der Waals surface area (Å²) in [6, 6.07) is 11.2. The number of benzene rings is 2. The summed E-state index contributed by atoms with van der Waals surface area (Å²) in [6.45, 7) is 2.27. The largest absolute Gasteiger partial charge is 0.493 e. The molecular weight excluding hydrogens is 388 g/mol. The van der Waals surface area contributed by atoms with Gasteiger partial charge in [0.05, 0.1) is 14.2 Å². The van der Waals surface area contributed by atoms with E-state index >= 15 is 0 Å². The number of carbonyl (C=O) groups is 3. The first kappa shape index (κ1) is 22.5. The molecule has 2 aromatic carbocycles. The molecule has 0 spiro atoms. The van der Waals surface area contributed by atoms with E-state index in [2.05, 4.69) is 21.3 Å². The zero-order valence-electron chi connectivity index (χ0n) is 17.2. The molecule has 0 saturated carbocycles. The number of urea groups is 1. The van der Waals surface area contributed by atoms with Gasteiger partial charge >= 0.3 is 6.03 Å². The van der Waals surface area contributed by atoms with E-state index in [1.165, 1.54) is 14.2 Å². The molecule has 0 radical (unpaired) electrons. The van der Waals surface area contributed by atoms with E-state index in [4.69, 9.17) is 9.47 Å². The van der Waals surface area contributed by atoms with Gasteiger partial charge in [0.2, 0.25) is 5.91 Å². The van der Waals surface area contributed by atoms with E-state index in [1.807, 2.05) is 0 Å². The minimum Gasteiger partial charge on any atom is -0.493 e. The van der Waals surface area contributed by atoms with Gasteiger partial charge in [0, 0.05) is 42.5 Å². The third-order valence-electron chi connectivity index (χ3n) is 4.09. The maximum absolute atomic E-state index is 12.1. The molecule has 2 aromatic rings. The molecule has 0 unspecified atom stereocenters. The summed E-state index contributed by atoms with van der Waals surface area (Å²) in [7, 11) is 3.05. The average Bonchev–Trinajstić information content (AvgIpc) is 2.76. The average molecular weight is 414 g/mol. The number of carbonyl (C=O) groups excluding carboxylic acids is 3.